The van der Waals surface area contributed by atoms with Gasteiger partial charge in [-0.05, 0) is 18.4 Å². The number of nitrogens with zero attached hydrogens (tertiary/aromatic N) is 3. The first-order chi connectivity index (χ1) is 10.1. The van der Waals surface area contributed by atoms with E-state index >= 15 is 0 Å². The quantitative estimate of drug-likeness (QED) is 0.375. The van der Waals surface area contributed by atoms with Gasteiger partial charge in [-0.25, -0.2) is 0 Å². The number of hydrogen-bond donors (Lipinski definition) is 1. The highest BCUT2D eigenvalue weighted by Gasteiger charge is 2.09. The van der Waals surface area contributed by atoms with E-state index in [1.807, 2.05) is 6.26 Å². The molecule has 0 bridgehead atoms. The van der Waals surface area contributed by atoms with Crippen LogP contribution in [0.1, 0.15) is 0 Å². The third-order valence-electron chi connectivity index (χ3n) is 2.24. The Hall–Kier alpha value is -2.20. The molecule has 0 saturated carbocycles. The number of hydrogen-bond acceptors (Lipinski definition) is 8. The van der Waals surface area contributed by atoms with Crippen molar-refractivity contribution in [3.8, 4) is 5.75 Å². The Morgan fingerprint density at radius 2 is 2.14 bits per heavy atom. The van der Waals surface area contributed by atoms with Crippen molar-refractivity contribution in [1.29, 1.82) is 0 Å². The minimum absolute atomic E-state index is 0.0368. The van der Waals surface area contributed by atoms with E-state index in [0.29, 0.717) is 10.9 Å². The van der Waals surface area contributed by atoms with Gasteiger partial charge in [0.1, 0.15) is 5.75 Å². The average molecular weight is 326 g/mol. The van der Waals surface area contributed by atoms with Crippen molar-refractivity contribution in [1.82, 2.24) is 10.2 Å². The summed E-state index contributed by atoms with van der Waals surface area (Å²) in [5, 5.41) is 21.1. The number of amides is 1. The first-order valence-corrected chi connectivity index (χ1v) is 7.67. The molecule has 8 nitrogen and oxygen atoms in total. The van der Waals surface area contributed by atoms with Crippen LogP contribution in [0.25, 0.3) is 0 Å². The maximum absolute atomic E-state index is 11.6. The molecule has 2 aromatic rings. The van der Waals surface area contributed by atoms with Crippen LogP contribution in [0.4, 0.5) is 10.8 Å². The third-order valence-corrected chi connectivity index (χ3v) is 4.06. The SMILES string of the molecule is CSc1nnc(NC(=O)COc2ccc([N+](=O)[O-])cc2)s1. The van der Waals surface area contributed by atoms with E-state index in [9.17, 15) is 14.9 Å². The van der Waals surface area contributed by atoms with Crippen LogP contribution in [-0.2, 0) is 4.79 Å². The fourth-order valence-electron chi connectivity index (χ4n) is 1.31. The molecule has 1 aromatic heterocycles. The van der Waals surface area contributed by atoms with Crippen LogP contribution in [-0.4, -0.2) is 33.9 Å². The predicted octanol–water partition coefficient (Wildman–Crippen LogP) is 2.19. The van der Waals surface area contributed by atoms with E-state index < -0.39 is 4.92 Å². The molecule has 110 valence electrons. The Balaban J connectivity index is 1.84. The van der Waals surface area contributed by atoms with Gasteiger partial charge in [0, 0.05) is 12.1 Å². The van der Waals surface area contributed by atoms with Gasteiger partial charge in [-0.3, -0.25) is 20.2 Å². The van der Waals surface area contributed by atoms with Crippen molar-refractivity contribution in [2.75, 3.05) is 18.2 Å². The molecule has 0 spiro atoms. The number of aromatic nitrogens is 2. The van der Waals surface area contributed by atoms with Crippen molar-refractivity contribution in [2.24, 2.45) is 0 Å². The fraction of sp³-hybridized carbons (Fsp3) is 0.182. The summed E-state index contributed by atoms with van der Waals surface area (Å²) in [7, 11) is 0. The van der Waals surface area contributed by atoms with E-state index in [2.05, 4.69) is 15.5 Å². The van der Waals surface area contributed by atoms with Gasteiger partial charge in [-0.1, -0.05) is 23.1 Å². The highest BCUT2D eigenvalue weighted by atomic mass is 32.2. The van der Waals surface area contributed by atoms with Gasteiger partial charge in [0.05, 0.1) is 4.92 Å². The van der Waals surface area contributed by atoms with Crippen LogP contribution < -0.4 is 10.1 Å². The number of carbonyl (C=O) groups excluding carboxylic acids is 1. The predicted molar refractivity (Wildman–Crippen MR) is 78.9 cm³/mol. The largest absolute Gasteiger partial charge is 0.484 e. The zero-order valence-corrected chi connectivity index (χ0v) is 12.4. The lowest BCUT2D eigenvalue weighted by Gasteiger charge is -2.05. The monoisotopic (exact) mass is 326 g/mol. The molecule has 21 heavy (non-hydrogen) atoms. The Morgan fingerprint density at radius 1 is 1.43 bits per heavy atom. The summed E-state index contributed by atoms with van der Waals surface area (Å²) in [4.78, 5) is 21.6. The van der Waals surface area contributed by atoms with E-state index in [1.54, 1.807) is 0 Å². The first-order valence-electron chi connectivity index (χ1n) is 5.63. The molecule has 0 atom stereocenters. The van der Waals surface area contributed by atoms with Gasteiger partial charge < -0.3 is 4.74 Å². The molecular weight excluding hydrogens is 316 g/mol. The number of benzene rings is 1. The maximum Gasteiger partial charge on any atom is 0.269 e. The number of thioether (sulfide) groups is 1. The standard InChI is InChI=1S/C11H10N4O4S2/c1-20-11-14-13-10(21-11)12-9(16)6-19-8-4-2-7(3-5-8)15(17)18/h2-5H,6H2,1H3,(H,12,13,16). The summed E-state index contributed by atoms with van der Waals surface area (Å²) < 4.78 is 5.98. The third kappa shape index (κ3) is 4.39. The molecule has 1 heterocycles. The van der Waals surface area contributed by atoms with Crippen molar-refractivity contribution in [3.63, 3.8) is 0 Å². The zero-order valence-electron chi connectivity index (χ0n) is 10.8. The summed E-state index contributed by atoms with van der Waals surface area (Å²) in [5.41, 5.74) is -0.0368. The Morgan fingerprint density at radius 3 is 2.71 bits per heavy atom. The molecule has 0 aliphatic rings. The Kier molecular flexibility index (Phi) is 5.06. The maximum atomic E-state index is 11.6. The van der Waals surface area contributed by atoms with Crippen LogP contribution in [0.3, 0.4) is 0 Å². The van der Waals surface area contributed by atoms with Crippen LogP contribution >= 0.6 is 23.1 Å². The Bertz CT molecular complexity index is 644. The van der Waals surface area contributed by atoms with Crippen molar-refractivity contribution >= 4 is 39.8 Å². The summed E-state index contributed by atoms with van der Waals surface area (Å²) in [6, 6.07) is 5.48. The van der Waals surface area contributed by atoms with Gasteiger partial charge in [-0.2, -0.15) is 0 Å². The lowest BCUT2D eigenvalue weighted by atomic mass is 10.3. The normalized spacial score (nSPS) is 10.1. The molecule has 2 rings (SSSR count). The molecule has 0 radical (unpaired) electrons. The highest BCUT2D eigenvalue weighted by Crippen LogP contribution is 2.23. The molecule has 10 heteroatoms. The zero-order chi connectivity index (χ0) is 15.2. The fourth-order valence-corrected chi connectivity index (χ4v) is 2.50. The number of carbonyl (C=O) groups is 1. The summed E-state index contributed by atoms with van der Waals surface area (Å²) >= 11 is 2.70. The summed E-state index contributed by atoms with van der Waals surface area (Å²) in [5.74, 6) is -0.00466. The minimum atomic E-state index is -0.505. The van der Waals surface area contributed by atoms with Crippen LogP contribution in [0.15, 0.2) is 28.6 Å². The van der Waals surface area contributed by atoms with E-state index in [1.165, 1.54) is 47.4 Å². The second-order valence-electron chi connectivity index (χ2n) is 3.67. The molecular formula is C11H10N4O4S2. The number of nitro groups is 1. The smallest absolute Gasteiger partial charge is 0.269 e. The number of nitro benzene ring substituents is 1. The molecule has 0 aliphatic carbocycles. The number of rotatable bonds is 6. The van der Waals surface area contributed by atoms with Crippen LogP contribution in [0.2, 0.25) is 0 Å². The molecule has 1 N–H and O–H groups in total. The molecule has 0 aliphatic heterocycles. The van der Waals surface area contributed by atoms with Gasteiger partial charge in [-0.15, -0.1) is 10.2 Å². The van der Waals surface area contributed by atoms with Crippen LogP contribution in [0, 0.1) is 10.1 Å². The van der Waals surface area contributed by atoms with Gasteiger partial charge in [0.25, 0.3) is 11.6 Å². The number of non-ortho nitro benzene ring substituents is 1. The van der Waals surface area contributed by atoms with Crippen LogP contribution in [0.5, 0.6) is 5.75 Å². The van der Waals surface area contributed by atoms with Crippen molar-refractivity contribution in [2.45, 2.75) is 4.34 Å². The highest BCUT2D eigenvalue weighted by molar-refractivity contribution is 8.00. The molecule has 0 unspecified atom stereocenters. The average Bonchev–Trinajstić information content (AvgIpc) is 2.93. The summed E-state index contributed by atoms with van der Waals surface area (Å²) in [6.45, 7) is -0.216. The van der Waals surface area contributed by atoms with E-state index in [0.717, 1.165) is 4.34 Å². The van der Waals surface area contributed by atoms with E-state index in [4.69, 9.17) is 4.74 Å². The van der Waals surface area contributed by atoms with E-state index in [-0.39, 0.29) is 18.2 Å². The van der Waals surface area contributed by atoms with Crippen molar-refractivity contribution < 1.29 is 14.5 Å². The number of ether oxygens (including phenoxy) is 1. The van der Waals surface area contributed by atoms with Gasteiger partial charge in [0.15, 0.2) is 10.9 Å². The number of nitrogens with one attached hydrogen (secondary N) is 1. The molecule has 0 fully saturated rings. The topological polar surface area (TPSA) is 107 Å². The van der Waals surface area contributed by atoms with Gasteiger partial charge >= 0.3 is 0 Å². The lowest BCUT2D eigenvalue weighted by Crippen LogP contribution is -2.20. The Labute approximate surface area is 127 Å². The molecule has 0 saturated heterocycles. The lowest BCUT2D eigenvalue weighted by molar-refractivity contribution is -0.384. The minimum Gasteiger partial charge on any atom is -0.484 e. The van der Waals surface area contributed by atoms with Gasteiger partial charge in [0.2, 0.25) is 5.13 Å². The number of anilines is 1. The second-order valence-corrected chi connectivity index (χ2v) is 5.70. The second kappa shape index (κ2) is 6.99. The summed E-state index contributed by atoms with van der Waals surface area (Å²) in [6.07, 6.45) is 1.86. The van der Waals surface area contributed by atoms with Crippen molar-refractivity contribution in [3.05, 3.63) is 34.4 Å². The first kappa shape index (κ1) is 15.2. The molecule has 1 amide bonds. The molecule has 1 aromatic carbocycles.